The van der Waals surface area contributed by atoms with E-state index >= 15 is 0 Å². The van der Waals surface area contributed by atoms with Gasteiger partial charge in [-0.2, -0.15) is 10.4 Å². The number of nitriles is 1. The van der Waals surface area contributed by atoms with Crippen molar-refractivity contribution in [2.24, 2.45) is 18.4 Å². The van der Waals surface area contributed by atoms with Crippen LogP contribution < -0.4 is 0 Å². The van der Waals surface area contributed by atoms with Crippen LogP contribution in [0.5, 0.6) is 0 Å². The number of hydrogen-bond acceptors (Lipinski definition) is 2. The molecule has 0 amide bonds. The number of rotatable bonds is 3. The first-order valence-electron chi connectivity index (χ1n) is 7.10. The third-order valence-corrected chi connectivity index (χ3v) is 5.02. The normalized spacial score (nSPS) is 27.2. The molecule has 19 heavy (non-hydrogen) atoms. The molecule has 1 aliphatic rings. The molecule has 0 radical (unpaired) electrons. The van der Waals surface area contributed by atoms with Crippen molar-refractivity contribution < 1.29 is 0 Å². The van der Waals surface area contributed by atoms with Crippen LogP contribution in [-0.4, -0.2) is 9.78 Å². The van der Waals surface area contributed by atoms with Gasteiger partial charge in [0.25, 0.3) is 0 Å². The molecule has 0 aromatic carbocycles. The van der Waals surface area contributed by atoms with E-state index in [4.69, 9.17) is 11.6 Å². The van der Waals surface area contributed by atoms with Crippen LogP contribution in [0, 0.1) is 29.6 Å². The van der Waals surface area contributed by atoms with E-state index in [0.717, 1.165) is 36.9 Å². The van der Waals surface area contributed by atoms with Crippen molar-refractivity contribution in [1.82, 2.24) is 9.78 Å². The SMILES string of the molecule is CCC1CCCC(C#N)(Cc2c(C)nn(C)c2Cl)C1. The zero-order valence-electron chi connectivity index (χ0n) is 12.0. The average Bonchev–Trinajstić information content (AvgIpc) is 2.65. The van der Waals surface area contributed by atoms with E-state index in [0.29, 0.717) is 11.1 Å². The fourth-order valence-electron chi connectivity index (χ4n) is 3.35. The van der Waals surface area contributed by atoms with Crippen LogP contribution in [-0.2, 0) is 13.5 Å². The summed E-state index contributed by atoms with van der Waals surface area (Å²) in [4.78, 5) is 0. The minimum absolute atomic E-state index is 0.240. The zero-order chi connectivity index (χ0) is 14.0. The van der Waals surface area contributed by atoms with E-state index in [-0.39, 0.29) is 5.41 Å². The Kier molecular flexibility index (Phi) is 4.20. The summed E-state index contributed by atoms with van der Waals surface area (Å²) < 4.78 is 1.71. The highest BCUT2D eigenvalue weighted by atomic mass is 35.5. The number of nitrogens with zero attached hydrogens (tertiary/aromatic N) is 3. The summed E-state index contributed by atoms with van der Waals surface area (Å²) in [5.74, 6) is 0.684. The Morgan fingerprint density at radius 3 is 2.84 bits per heavy atom. The van der Waals surface area contributed by atoms with Crippen molar-refractivity contribution >= 4 is 11.6 Å². The third kappa shape index (κ3) is 2.79. The molecular weight excluding hydrogens is 258 g/mol. The summed E-state index contributed by atoms with van der Waals surface area (Å²) in [5.41, 5.74) is 1.78. The molecule has 1 aromatic rings. The van der Waals surface area contributed by atoms with Crippen LogP contribution in [0.15, 0.2) is 0 Å². The molecule has 0 bridgehead atoms. The Morgan fingerprint density at radius 1 is 1.58 bits per heavy atom. The molecule has 1 aromatic heterocycles. The number of halogens is 1. The fraction of sp³-hybridized carbons (Fsp3) is 0.733. The van der Waals surface area contributed by atoms with E-state index in [1.165, 1.54) is 12.8 Å². The number of hydrogen-bond donors (Lipinski definition) is 0. The van der Waals surface area contributed by atoms with Crippen LogP contribution in [0.3, 0.4) is 0 Å². The van der Waals surface area contributed by atoms with Gasteiger partial charge in [-0.1, -0.05) is 37.8 Å². The van der Waals surface area contributed by atoms with Crippen LogP contribution in [0.2, 0.25) is 5.15 Å². The van der Waals surface area contributed by atoms with E-state index < -0.39 is 0 Å². The van der Waals surface area contributed by atoms with Crippen molar-refractivity contribution in [3.05, 3.63) is 16.4 Å². The topological polar surface area (TPSA) is 41.6 Å². The lowest BCUT2D eigenvalue weighted by molar-refractivity contribution is 0.194. The second kappa shape index (κ2) is 5.54. The minimum Gasteiger partial charge on any atom is -0.257 e. The summed E-state index contributed by atoms with van der Waals surface area (Å²) in [7, 11) is 1.85. The second-order valence-electron chi connectivity index (χ2n) is 5.92. The Labute approximate surface area is 120 Å². The van der Waals surface area contributed by atoms with Gasteiger partial charge >= 0.3 is 0 Å². The van der Waals surface area contributed by atoms with Gasteiger partial charge in [-0.3, -0.25) is 4.68 Å². The molecule has 2 unspecified atom stereocenters. The maximum atomic E-state index is 9.68. The van der Waals surface area contributed by atoms with Gasteiger partial charge < -0.3 is 0 Å². The van der Waals surface area contributed by atoms with E-state index in [1.54, 1.807) is 4.68 Å². The molecule has 104 valence electrons. The summed E-state index contributed by atoms with van der Waals surface area (Å²) in [6, 6.07) is 2.60. The van der Waals surface area contributed by atoms with Crippen molar-refractivity contribution in [2.45, 2.75) is 52.4 Å². The molecule has 1 fully saturated rings. The quantitative estimate of drug-likeness (QED) is 0.838. The maximum absolute atomic E-state index is 9.68. The van der Waals surface area contributed by atoms with E-state index in [2.05, 4.69) is 18.1 Å². The van der Waals surface area contributed by atoms with Gasteiger partial charge in [0.2, 0.25) is 0 Å². The molecule has 0 spiro atoms. The highest BCUT2D eigenvalue weighted by Crippen LogP contribution is 2.43. The molecule has 2 atom stereocenters. The monoisotopic (exact) mass is 279 g/mol. The molecule has 1 saturated carbocycles. The van der Waals surface area contributed by atoms with Gasteiger partial charge in [0.05, 0.1) is 17.2 Å². The van der Waals surface area contributed by atoms with Gasteiger partial charge in [-0.25, -0.2) is 0 Å². The first-order valence-corrected chi connectivity index (χ1v) is 7.48. The average molecular weight is 280 g/mol. The zero-order valence-corrected chi connectivity index (χ0v) is 12.8. The Hall–Kier alpha value is -1.01. The summed E-state index contributed by atoms with van der Waals surface area (Å²) in [6.45, 7) is 4.20. The summed E-state index contributed by atoms with van der Waals surface area (Å²) in [6.07, 6.45) is 6.33. The lowest BCUT2D eigenvalue weighted by atomic mass is 9.67. The molecule has 2 rings (SSSR count). The lowest BCUT2D eigenvalue weighted by Crippen LogP contribution is -2.29. The molecule has 1 heterocycles. The van der Waals surface area contributed by atoms with Gasteiger partial charge in [0.15, 0.2) is 0 Å². The van der Waals surface area contributed by atoms with Crippen LogP contribution in [0.4, 0.5) is 0 Å². The van der Waals surface area contributed by atoms with E-state index in [1.807, 2.05) is 14.0 Å². The van der Waals surface area contributed by atoms with Crippen LogP contribution in [0.1, 0.15) is 50.3 Å². The molecular formula is C15H22ClN3. The summed E-state index contributed by atoms with van der Waals surface area (Å²) >= 11 is 6.31. The Bertz CT molecular complexity index is 500. The molecule has 4 heteroatoms. The Morgan fingerprint density at radius 2 is 2.32 bits per heavy atom. The largest absolute Gasteiger partial charge is 0.257 e. The summed E-state index contributed by atoms with van der Waals surface area (Å²) in [5, 5.41) is 14.7. The standard InChI is InChI=1S/C15H22ClN3/c1-4-12-6-5-7-15(8-12,10-17)9-13-11(2)18-19(3)14(13)16/h12H,4-9H2,1-3H3. The van der Waals surface area contributed by atoms with Crippen molar-refractivity contribution in [3.63, 3.8) is 0 Å². The highest BCUT2D eigenvalue weighted by Gasteiger charge is 2.37. The van der Waals surface area contributed by atoms with Gasteiger partial charge in [0.1, 0.15) is 5.15 Å². The number of aryl methyl sites for hydroxylation is 2. The predicted octanol–water partition coefficient (Wildman–Crippen LogP) is 4.03. The fourth-order valence-corrected chi connectivity index (χ4v) is 3.59. The first-order chi connectivity index (χ1) is 9.01. The third-order valence-electron chi connectivity index (χ3n) is 4.55. The predicted molar refractivity (Wildman–Crippen MR) is 77.0 cm³/mol. The first kappa shape index (κ1) is 14.4. The highest BCUT2D eigenvalue weighted by molar-refractivity contribution is 6.30. The van der Waals surface area contributed by atoms with Gasteiger partial charge in [-0.15, -0.1) is 0 Å². The minimum atomic E-state index is -0.240. The Balaban J connectivity index is 2.26. The van der Waals surface area contributed by atoms with E-state index in [9.17, 15) is 5.26 Å². The van der Waals surface area contributed by atoms with Gasteiger partial charge in [-0.05, 0) is 32.1 Å². The maximum Gasteiger partial charge on any atom is 0.130 e. The van der Waals surface area contributed by atoms with Crippen molar-refractivity contribution in [3.8, 4) is 6.07 Å². The van der Waals surface area contributed by atoms with Gasteiger partial charge in [0, 0.05) is 12.6 Å². The molecule has 3 nitrogen and oxygen atoms in total. The van der Waals surface area contributed by atoms with Crippen molar-refractivity contribution in [2.75, 3.05) is 0 Å². The second-order valence-corrected chi connectivity index (χ2v) is 6.28. The van der Waals surface area contributed by atoms with Crippen LogP contribution in [0.25, 0.3) is 0 Å². The lowest BCUT2D eigenvalue weighted by Gasteiger charge is -2.35. The smallest absolute Gasteiger partial charge is 0.130 e. The van der Waals surface area contributed by atoms with Crippen molar-refractivity contribution in [1.29, 1.82) is 5.26 Å². The molecule has 0 saturated heterocycles. The number of aromatic nitrogens is 2. The molecule has 0 aliphatic heterocycles. The van der Waals surface area contributed by atoms with Crippen LogP contribution >= 0.6 is 11.6 Å². The molecule has 0 N–H and O–H groups in total. The molecule has 1 aliphatic carbocycles.